The first-order valence-electron chi connectivity index (χ1n) is 17.1. The molecule has 230 valence electrons. The fraction of sp³-hybridized carbons (Fsp3) is 0. The maximum atomic E-state index is 9.47. The number of benzene rings is 5. The fourth-order valence-corrected chi connectivity index (χ4v) is 6.64. The number of hydrogen-bond donors (Lipinski definition) is 1. The Morgan fingerprint density at radius 2 is 1.53 bits per heavy atom. The minimum absolute atomic E-state index is 0.244. The van der Waals surface area contributed by atoms with Crippen molar-refractivity contribution in [2.45, 2.75) is 0 Å². The van der Waals surface area contributed by atoms with Crippen LogP contribution in [0.3, 0.4) is 0 Å². The highest BCUT2D eigenvalue weighted by Gasteiger charge is 2.17. The molecule has 0 radical (unpaired) electrons. The van der Waals surface area contributed by atoms with Gasteiger partial charge in [-0.05, 0) is 105 Å². The number of nitrogens with zero attached hydrogens (tertiary/aromatic N) is 2. The molecular weight excluding hydrogens is 599 g/mol. The first-order chi connectivity index (χ1) is 24.9. The zero-order chi connectivity index (χ0) is 34.6. The average molecular weight is 630 g/mol. The van der Waals surface area contributed by atoms with Crippen LogP contribution in [0.1, 0.15) is 19.6 Å². The summed E-state index contributed by atoms with van der Waals surface area (Å²) in [6.07, 6.45) is 9.33. The first kappa shape index (κ1) is 26.4. The lowest BCUT2D eigenvalue weighted by Crippen LogP contribution is -2.10. The molecule has 3 heterocycles. The Kier molecular flexibility index (Phi) is 6.23. The van der Waals surface area contributed by atoms with Gasteiger partial charge in [-0.15, -0.1) is 0 Å². The smallest absolute Gasteiger partial charge is 0.136 e. The van der Waals surface area contributed by atoms with Crippen molar-refractivity contribution in [3.63, 3.8) is 0 Å². The lowest BCUT2D eigenvalue weighted by atomic mass is 9.90. The van der Waals surface area contributed by atoms with Gasteiger partial charge in [-0.25, -0.2) is 0 Å². The Hall–Kier alpha value is -6.65. The number of pyridine rings is 2. The summed E-state index contributed by atoms with van der Waals surface area (Å²) in [5.41, 5.74) is 11.4. The molecule has 0 saturated carbocycles. The molecule has 1 N–H and O–H groups in total. The van der Waals surface area contributed by atoms with Crippen LogP contribution in [0.2, 0.25) is 0 Å². The maximum Gasteiger partial charge on any atom is 0.136 e. The van der Waals surface area contributed by atoms with Crippen LogP contribution in [0.25, 0.3) is 77.9 Å². The zero-order valence-electron chi connectivity index (χ0n) is 28.4. The second-order valence-corrected chi connectivity index (χ2v) is 12.2. The van der Waals surface area contributed by atoms with Gasteiger partial charge < -0.3 is 4.42 Å². The van der Waals surface area contributed by atoms with E-state index in [0.29, 0.717) is 28.1 Å². The van der Waals surface area contributed by atoms with Gasteiger partial charge in [0, 0.05) is 39.7 Å². The maximum absolute atomic E-state index is 9.47. The van der Waals surface area contributed by atoms with E-state index in [0.717, 1.165) is 71.8 Å². The monoisotopic (exact) mass is 629 g/mol. The van der Waals surface area contributed by atoms with E-state index in [4.69, 9.17) is 11.2 Å². The van der Waals surface area contributed by atoms with Crippen LogP contribution in [0.15, 0.2) is 168 Å². The Balaban J connectivity index is 1.21. The summed E-state index contributed by atoms with van der Waals surface area (Å²) in [5.74, 6) is 0. The van der Waals surface area contributed by atoms with Crippen LogP contribution in [0.4, 0.5) is 0 Å². The van der Waals surface area contributed by atoms with Crippen molar-refractivity contribution in [3.05, 3.63) is 181 Å². The zero-order valence-corrected chi connectivity index (χ0v) is 26.4. The lowest BCUT2D eigenvalue weighted by molar-refractivity contribution is 0.669. The highest BCUT2D eigenvalue weighted by molar-refractivity contribution is 6.17. The van der Waals surface area contributed by atoms with Crippen molar-refractivity contribution >= 4 is 50.2 Å². The minimum atomic E-state index is 0.244. The summed E-state index contributed by atoms with van der Waals surface area (Å²) in [4.78, 5) is 9.04. The summed E-state index contributed by atoms with van der Waals surface area (Å²) in [6, 6.07) is 38.5. The van der Waals surface area contributed by atoms with Crippen LogP contribution in [0, 0.1) is 5.41 Å². The Morgan fingerprint density at radius 3 is 2.43 bits per heavy atom. The van der Waals surface area contributed by atoms with Gasteiger partial charge in [0.25, 0.3) is 0 Å². The topological polar surface area (TPSA) is 62.8 Å². The molecule has 0 atom stereocenters. The molecule has 0 spiro atoms. The Bertz CT molecular complexity index is 2810. The molecule has 8 aromatic rings. The largest absolute Gasteiger partial charge is 0.456 e. The van der Waals surface area contributed by atoms with Gasteiger partial charge in [0.15, 0.2) is 0 Å². The van der Waals surface area contributed by atoms with Gasteiger partial charge in [-0.1, -0.05) is 91.5 Å². The molecule has 0 amide bonds. The number of rotatable bonds is 5. The number of allylic oxidation sites excluding steroid dienone is 4. The molecule has 9 rings (SSSR count). The number of hydrogen-bond acceptors (Lipinski definition) is 4. The normalized spacial score (nSPS) is 14.0. The fourth-order valence-electron chi connectivity index (χ4n) is 6.64. The average Bonchev–Trinajstić information content (AvgIpc) is 3.58. The third-order valence-corrected chi connectivity index (χ3v) is 9.12. The minimum Gasteiger partial charge on any atom is -0.456 e. The summed E-state index contributed by atoms with van der Waals surface area (Å²) in [7, 11) is 0. The van der Waals surface area contributed by atoms with E-state index in [9.17, 15) is 1.37 Å². The number of nitrogens with one attached hydrogen (secondary N) is 1. The molecule has 49 heavy (non-hydrogen) atoms. The standard InChI is InChI=1S/C45H29N3O/c1-28(22-34-17-15-31-11-7-21-48-45(31)44(34)46)35-23-36(32-16-14-30-10-6-20-47-40(30)26-32)25-37(24-35)33-18-19-39-42(27-33)49-41-13-5-12-38(43(39)41)29-8-3-2-4-9-29/h2-27,46H,1H2/b34-22-,46-44?/i13D,27D. The molecule has 0 fully saturated rings. The van der Waals surface area contributed by atoms with E-state index in [2.05, 4.69) is 46.9 Å². The second-order valence-electron chi connectivity index (χ2n) is 12.2. The van der Waals surface area contributed by atoms with E-state index in [-0.39, 0.29) is 12.1 Å². The van der Waals surface area contributed by atoms with Crippen molar-refractivity contribution in [2.75, 3.05) is 0 Å². The van der Waals surface area contributed by atoms with Crippen molar-refractivity contribution in [1.29, 1.82) is 5.41 Å². The quantitative estimate of drug-likeness (QED) is 0.206. The molecule has 0 unspecified atom stereocenters. The van der Waals surface area contributed by atoms with Crippen LogP contribution < -0.4 is 0 Å². The van der Waals surface area contributed by atoms with E-state index in [1.165, 1.54) is 0 Å². The van der Waals surface area contributed by atoms with Gasteiger partial charge in [-0.2, -0.15) is 0 Å². The van der Waals surface area contributed by atoms with E-state index in [1.807, 2.05) is 97.1 Å². The van der Waals surface area contributed by atoms with Crippen LogP contribution >= 0.6 is 0 Å². The molecule has 1 aliphatic carbocycles. The molecule has 0 aliphatic heterocycles. The second kappa shape index (κ2) is 11.5. The van der Waals surface area contributed by atoms with Gasteiger partial charge in [0.05, 0.1) is 19.7 Å². The first-order valence-corrected chi connectivity index (χ1v) is 16.1. The molecular formula is C45H29N3O. The van der Waals surface area contributed by atoms with Crippen LogP contribution in [-0.2, 0) is 0 Å². The van der Waals surface area contributed by atoms with E-state index >= 15 is 0 Å². The number of furan rings is 1. The summed E-state index contributed by atoms with van der Waals surface area (Å²) >= 11 is 0. The molecule has 1 aliphatic rings. The molecule has 0 saturated heterocycles. The van der Waals surface area contributed by atoms with E-state index in [1.54, 1.807) is 18.5 Å². The lowest BCUT2D eigenvalue weighted by Gasteiger charge is -2.15. The Morgan fingerprint density at radius 1 is 0.714 bits per heavy atom. The highest BCUT2D eigenvalue weighted by Crippen LogP contribution is 2.39. The molecule has 4 heteroatoms. The predicted octanol–water partition coefficient (Wildman–Crippen LogP) is 11.6. The van der Waals surface area contributed by atoms with Gasteiger partial charge >= 0.3 is 0 Å². The summed E-state index contributed by atoms with van der Waals surface area (Å²) in [6.45, 7) is 4.45. The van der Waals surface area contributed by atoms with Crippen molar-refractivity contribution in [2.24, 2.45) is 0 Å². The van der Waals surface area contributed by atoms with Crippen molar-refractivity contribution in [1.82, 2.24) is 9.97 Å². The summed E-state index contributed by atoms with van der Waals surface area (Å²) in [5, 5.41) is 11.6. The van der Waals surface area contributed by atoms with E-state index < -0.39 is 0 Å². The number of aromatic nitrogens is 2. The van der Waals surface area contributed by atoms with Gasteiger partial charge in [-0.3, -0.25) is 15.4 Å². The van der Waals surface area contributed by atoms with Gasteiger partial charge in [0.1, 0.15) is 11.2 Å². The third kappa shape index (κ3) is 5.07. The predicted molar refractivity (Wildman–Crippen MR) is 203 cm³/mol. The van der Waals surface area contributed by atoms with Crippen molar-refractivity contribution in [3.8, 4) is 33.4 Å². The van der Waals surface area contributed by atoms with Gasteiger partial charge in [0.2, 0.25) is 0 Å². The SMILES string of the molecule is [2H]c1c(-c2cc(C(=C)/C=C3/C=Cc4cccnc4C3=N)cc(-c3ccc4cccnc4c3)c2)ccc2c1oc1c([2H])ccc(-c3ccccc3)c12. The molecule has 3 aromatic heterocycles. The Labute approximate surface area is 286 Å². The summed E-state index contributed by atoms with van der Waals surface area (Å²) < 4.78 is 24.5. The van der Waals surface area contributed by atoms with Crippen LogP contribution in [0.5, 0.6) is 0 Å². The molecule has 5 aromatic carbocycles. The van der Waals surface area contributed by atoms with Crippen LogP contribution in [-0.4, -0.2) is 15.7 Å². The third-order valence-electron chi connectivity index (χ3n) is 9.12. The highest BCUT2D eigenvalue weighted by atomic mass is 16.3. The van der Waals surface area contributed by atoms with Crippen molar-refractivity contribution < 1.29 is 7.16 Å². The molecule has 4 nitrogen and oxygen atoms in total. The number of fused-ring (bicyclic) bond motifs is 5. The molecule has 0 bridgehead atoms.